The van der Waals surface area contributed by atoms with Gasteiger partial charge in [-0.2, -0.15) is 0 Å². The van der Waals surface area contributed by atoms with Gasteiger partial charge in [-0.1, -0.05) is 66.7 Å². The van der Waals surface area contributed by atoms with Gasteiger partial charge in [0.1, 0.15) is 25.3 Å². The molecule has 0 saturated carbocycles. The first-order valence-corrected chi connectivity index (χ1v) is 11.9. The molecule has 2 aliphatic rings. The second-order valence-electron chi connectivity index (χ2n) is 9.03. The van der Waals surface area contributed by atoms with E-state index in [4.69, 9.17) is 9.47 Å². The molecule has 2 heterocycles. The monoisotopic (exact) mass is 485 g/mol. The smallest absolute Gasteiger partial charge is 0.325 e. The summed E-state index contributed by atoms with van der Waals surface area (Å²) in [5.41, 5.74) is 1.23. The summed E-state index contributed by atoms with van der Waals surface area (Å²) in [4.78, 5) is 40.2. The van der Waals surface area contributed by atoms with Crippen LogP contribution in [0.25, 0.3) is 0 Å². The lowest BCUT2D eigenvalue weighted by molar-refractivity contribution is -0.135. The van der Waals surface area contributed by atoms with Crippen molar-refractivity contribution in [2.45, 2.75) is 24.9 Å². The predicted molar refractivity (Wildman–Crippen MR) is 133 cm³/mol. The molecule has 1 saturated heterocycles. The molecule has 2 unspecified atom stereocenters. The van der Waals surface area contributed by atoms with Crippen LogP contribution in [0.4, 0.5) is 4.79 Å². The highest BCUT2D eigenvalue weighted by molar-refractivity contribution is 6.09. The molecule has 1 fully saturated rings. The third-order valence-electron chi connectivity index (χ3n) is 6.52. The summed E-state index contributed by atoms with van der Waals surface area (Å²) >= 11 is 0. The van der Waals surface area contributed by atoms with E-state index < -0.39 is 23.4 Å². The molecule has 5 rings (SSSR count). The molecular weight excluding hydrogens is 458 g/mol. The Morgan fingerprint density at radius 1 is 0.972 bits per heavy atom. The van der Waals surface area contributed by atoms with Crippen molar-refractivity contribution in [1.82, 2.24) is 15.5 Å². The number of benzene rings is 3. The maximum Gasteiger partial charge on any atom is 0.325 e. The van der Waals surface area contributed by atoms with E-state index in [1.165, 1.54) is 0 Å². The molecular formula is C28H27N3O5. The van der Waals surface area contributed by atoms with Gasteiger partial charge >= 0.3 is 6.03 Å². The van der Waals surface area contributed by atoms with Crippen LogP contribution in [-0.2, 0) is 21.5 Å². The second kappa shape index (κ2) is 9.73. The molecule has 8 heteroatoms. The third-order valence-corrected chi connectivity index (χ3v) is 6.52. The van der Waals surface area contributed by atoms with Crippen molar-refractivity contribution in [3.63, 3.8) is 0 Å². The minimum Gasteiger partial charge on any atom is -0.486 e. The Morgan fingerprint density at radius 3 is 2.36 bits per heavy atom. The van der Waals surface area contributed by atoms with E-state index in [-0.39, 0.29) is 12.6 Å². The number of nitrogens with one attached hydrogen (secondary N) is 2. The first-order chi connectivity index (χ1) is 17.4. The molecule has 0 aromatic heterocycles. The maximum atomic E-state index is 13.4. The van der Waals surface area contributed by atoms with Crippen molar-refractivity contribution in [3.05, 3.63) is 95.6 Å². The first kappa shape index (κ1) is 23.4. The van der Waals surface area contributed by atoms with Crippen LogP contribution in [-0.4, -0.2) is 42.5 Å². The Bertz CT molecular complexity index is 1280. The van der Waals surface area contributed by atoms with Gasteiger partial charge in [-0.25, -0.2) is 4.79 Å². The Hall–Kier alpha value is -4.33. The summed E-state index contributed by atoms with van der Waals surface area (Å²) in [6.07, 6.45) is 0.575. The summed E-state index contributed by atoms with van der Waals surface area (Å²) < 4.78 is 11.2. The lowest BCUT2D eigenvalue weighted by Crippen LogP contribution is -2.44. The number of hydrogen-bond acceptors (Lipinski definition) is 5. The minimum atomic E-state index is -1.32. The Morgan fingerprint density at radius 2 is 1.64 bits per heavy atom. The number of hydrogen-bond donors (Lipinski definition) is 2. The Balaban J connectivity index is 1.32. The van der Waals surface area contributed by atoms with E-state index >= 15 is 0 Å². The zero-order valence-corrected chi connectivity index (χ0v) is 19.9. The van der Waals surface area contributed by atoms with Crippen LogP contribution < -0.4 is 20.1 Å². The Labute approximate surface area is 209 Å². The van der Waals surface area contributed by atoms with Crippen LogP contribution in [0.1, 0.15) is 29.7 Å². The van der Waals surface area contributed by atoms with E-state index in [1.807, 2.05) is 60.7 Å². The van der Waals surface area contributed by atoms with Crippen molar-refractivity contribution in [2.75, 3.05) is 19.8 Å². The number of carbonyl (C=O) groups excluding carboxylic acids is 3. The highest BCUT2D eigenvalue weighted by atomic mass is 16.6. The van der Waals surface area contributed by atoms with Crippen molar-refractivity contribution in [3.8, 4) is 11.5 Å². The lowest BCUT2D eigenvalue weighted by atomic mass is 9.91. The summed E-state index contributed by atoms with van der Waals surface area (Å²) in [7, 11) is 0. The fourth-order valence-corrected chi connectivity index (χ4v) is 4.56. The zero-order chi connectivity index (χ0) is 25.1. The number of urea groups is 1. The van der Waals surface area contributed by atoms with Crippen LogP contribution in [0, 0.1) is 0 Å². The number of rotatable bonds is 7. The fourth-order valence-electron chi connectivity index (χ4n) is 4.56. The molecule has 2 N–H and O–H groups in total. The summed E-state index contributed by atoms with van der Waals surface area (Å²) in [5.74, 6) is 0.185. The number of imide groups is 1. The van der Waals surface area contributed by atoms with Crippen LogP contribution in [0.3, 0.4) is 0 Å². The van der Waals surface area contributed by atoms with Crippen molar-refractivity contribution in [1.29, 1.82) is 0 Å². The van der Waals surface area contributed by atoms with Gasteiger partial charge in [0.2, 0.25) is 5.91 Å². The van der Waals surface area contributed by atoms with E-state index in [0.29, 0.717) is 36.7 Å². The molecule has 0 spiro atoms. The van der Waals surface area contributed by atoms with E-state index in [2.05, 4.69) is 10.6 Å². The zero-order valence-electron chi connectivity index (χ0n) is 19.9. The second-order valence-corrected chi connectivity index (χ2v) is 9.03. The third kappa shape index (κ3) is 4.62. The first-order valence-electron chi connectivity index (χ1n) is 11.9. The minimum absolute atomic E-state index is 0.314. The summed E-state index contributed by atoms with van der Waals surface area (Å²) in [6.45, 7) is 2.10. The van der Waals surface area contributed by atoms with Crippen molar-refractivity contribution in [2.24, 2.45) is 0 Å². The van der Waals surface area contributed by atoms with Crippen LogP contribution in [0.2, 0.25) is 0 Å². The molecule has 0 bridgehead atoms. The maximum absolute atomic E-state index is 13.4. The molecule has 8 nitrogen and oxygen atoms in total. The van der Waals surface area contributed by atoms with Crippen molar-refractivity contribution < 1.29 is 23.9 Å². The number of ether oxygens (including phenoxy) is 2. The molecule has 0 radical (unpaired) electrons. The summed E-state index contributed by atoms with van der Waals surface area (Å²) in [5, 5.41) is 5.75. The van der Waals surface area contributed by atoms with Gasteiger partial charge in [0.25, 0.3) is 5.91 Å². The lowest BCUT2D eigenvalue weighted by Gasteiger charge is -2.25. The molecule has 4 amide bonds. The van der Waals surface area contributed by atoms with Gasteiger partial charge < -0.3 is 20.1 Å². The highest BCUT2D eigenvalue weighted by Crippen LogP contribution is 2.36. The topological polar surface area (TPSA) is 97.0 Å². The number of amides is 4. The van der Waals surface area contributed by atoms with Gasteiger partial charge in [0.05, 0.1) is 6.04 Å². The molecule has 3 aromatic rings. The van der Waals surface area contributed by atoms with E-state index in [1.54, 1.807) is 25.1 Å². The standard InChI is InChI=1S/C28H27N3O5/c1-28(21-12-13-23-24(17-21)36-15-14-35-23)26(33)31(27(34)30-28)18-25(32)29-22(20-10-6-3-7-11-20)16-19-8-4-2-5-9-19/h2-13,17,22H,14-16,18H2,1H3,(H,29,32)(H,30,34). The van der Waals surface area contributed by atoms with Gasteiger partial charge in [0, 0.05) is 0 Å². The fraction of sp³-hybridized carbons (Fsp3) is 0.250. The molecule has 2 aliphatic heterocycles. The van der Waals surface area contributed by atoms with Gasteiger partial charge in [-0.3, -0.25) is 14.5 Å². The summed E-state index contributed by atoms with van der Waals surface area (Å²) in [6, 6.07) is 23.7. The SMILES string of the molecule is CC1(c2ccc3c(c2)OCCO3)NC(=O)N(CC(=O)NC(Cc2ccccc2)c2ccccc2)C1=O. The molecule has 184 valence electrons. The average molecular weight is 486 g/mol. The molecule has 3 aromatic carbocycles. The van der Waals surface area contributed by atoms with Gasteiger partial charge in [-0.05, 0) is 42.2 Å². The van der Waals surface area contributed by atoms with Gasteiger partial charge in [-0.15, -0.1) is 0 Å². The largest absolute Gasteiger partial charge is 0.486 e. The number of nitrogens with zero attached hydrogens (tertiary/aromatic N) is 1. The normalized spacial score (nSPS) is 19.5. The predicted octanol–water partition coefficient (Wildman–Crippen LogP) is 3.33. The molecule has 0 aliphatic carbocycles. The number of carbonyl (C=O) groups is 3. The van der Waals surface area contributed by atoms with Crippen molar-refractivity contribution >= 4 is 17.8 Å². The van der Waals surface area contributed by atoms with E-state index in [9.17, 15) is 14.4 Å². The molecule has 36 heavy (non-hydrogen) atoms. The average Bonchev–Trinajstić information content (AvgIpc) is 3.12. The highest BCUT2D eigenvalue weighted by Gasteiger charge is 2.50. The Kier molecular flexibility index (Phi) is 6.33. The van der Waals surface area contributed by atoms with Crippen LogP contribution in [0.5, 0.6) is 11.5 Å². The van der Waals surface area contributed by atoms with Crippen LogP contribution >= 0.6 is 0 Å². The molecule has 2 atom stereocenters. The van der Waals surface area contributed by atoms with Crippen LogP contribution in [0.15, 0.2) is 78.9 Å². The van der Waals surface area contributed by atoms with Gasteiger partial charge in [0.15, 0.2) is 11.5 Å². The number of fused-ring (bicyclic) bond motifs is 1. The van der Waals surface area contributed by atoms with E-state index in [0.717, 1.165) is 16.0 Å². The quantitative estimate of drug-likeness (QED) is 0.501.